The zero-order valence-corrected chi connectivity index (χ0v) is 14.6. The van der Waals surface area contributed by atoms with Gasteiger partial charge in [-0.2, -0.15) is 0 Å². The molecule has 0 saturated carbocycles. The smallest absolute Gasteiger partial charge is 0.0494 e. The second-order valence-electron chi connectivity index (χ2n) is 7.53. The molecule has 24 heavy (non-hydrogen) atoms. The van der Waals surface area contributed by atoms with Gasteiger partial charge in [-0.3, -0.25) is 0 Å². The van der Waals surface area contributed by atoms with Gasteiger partial charge >= 0.3 is 0 Å². The van der Waals surface area contributed by atoms with E-state index in [1.807, 2.05) is 0 Å². The van der Waals surface area contributed by atoms with Gasteiger partial charge in [0.1, 0.15) is 0 Å². The molecule has 0 radical (unpaired) electrons. The molecule has 0 unspecified atom stereocenters. The van der Waals surface area contributed by atoms with Gasteiger partial charge in [0.05, 0.1) is 0 Å². The van der Waals surface area contributed by atoms with Crippen LogP contribution in [0.3, 0.4) is 0 Å². The molecule has 120 valence electrons. The third kappa shape index (κ3) is 2.41. The van der Waals surface area contributed by atoms with E-state index in [1.165, 1.54) is 32.9 Å². The number of hydrogen-bond donors (Lipinski definition) is 0. The van der Waals surface area contributed by atoms with E-state index in [2.05, 4.69) is 98.1 Å². The van der Waals surface area contributed by atoms with Crippen LogP contribution in [0.25, 0.3) is 21.8 Å². The Morgan fingerprint density at radius 3 is 1.75 bits per heavy atom. The molecule has 1 nitrogen and oxygen atoms in total. The first-order chi connectivity index (χ1) is 11.6. The largest absolute Gasteiger partial charge is 0.336 e. The summed E-state index contributed by atoms with van der Waals surface area (Å²) in [5.74, 6) is 0. The van der Waals surface area contributed by atoms with E-state index >= 15 is 0 Å². The van der Waals surface area contributed by atoms with Crippen LogP contribution >= 0.6 is 0 Å². The van der Waals surface area contributed by atoms with Crippen molar-refractivity contribution in [3.05, 3.63) is 83.9 Å². The molecule has 0 aliphatic carbocycles. The van der Waals surface area contributed by atoms with Gasteiger partial charge in [0, 0.05) is 28.4 Å². The van der Waals surface area contributed by atoms with Gasteiger partial charge in [-0.1, -0.05) is 81.4 Å². The number of fused-ring (bicyclic) bond motifs is 3. The van der Waals surface area contributed by atoms with E-state index in [-0.39, 0.29) is 5.41 Å². The summed E-state index contributed by atoms with van der Waals surface area (Å²) in [6, 6.07) is 26.3. The lowest BCUT2D eigenvalue weighted by atomic mass is 9.84. The lowest BCUT2D eigenvalue weighted by Crippen LogP contribution is -2.15. The summed E-state index contributed by atoms with van der Waals surface area (Å²) >= 11 is 0. The minimum absolute atomic E-state index is 0.148. The topological polar surface area (TPSA) is 4.93 Å². The Bertz CT molecular complexity index is 962. The zero-order valence-electron chi connectivity index (χ0n) is 14.6. The van der Waals surface area contributed by atoms with Gasteiger partial charge < -0.3 is 4.57 Å². The van der Waals surface area contributed by atoms with Crippen molar-refractivity contribution in [3.63, 3.8) is 0 Å². The summed E-state index contributed by atoms with van der Waals surface area (Å²) in [6.45, 7) is 7.77. The van der Waals surface area contributed by atoms with Crippen LogP contribution in [0.2, 0.25) is 0 Å². The van der Waals surface area contributed by atoms with E-state index in [1.54, 1.807) is 0 Å². The van der Waals surface area contributed by atoms with Gasteiger partial charge in [-0.05, 0) is 28.7 Å². The van der Waals surface area contributed by atoms with Gasteiger partial charge in [0.25, 0.3) is 0 Å². The molecule has 0 N–H and O–H groups in total. The quantitative estimate of drug-likeness (QED) is 0.419. The first-order valence-corrected chi connectivity index (χ1v) is 8.60. The fourth-order valence-corrected chi connectivity index (χ4v) is 3.73. The molecular formula is C23H23N. The predicted octanol–water partition coefficient (Wildman–Crippen LogP) is 6.14. The normalized spacial score (nSPS) is 12.1. The zero-order chi connectivity index (χ0) is 16.7. The fraction of sp³-hybridized carbons (Fsp3) is 0.217. The van der Waals surface area contributed by atoms with Crippen molar-refractivity contribution < 1.29 is 0 Å². The van der Waals surface area contributed by atoms with Crippen molar-refractivity contribution in [1.82, 2.24) is 4.57 Å². The second kappa shape index (κ2) is 5.52. The number of nitrogens with zero attached hydrogens (tertiary/aromatic N) is 1. The number of benzene rings is 3. The molecule has 3 aromatic carbocycles. The maximum Gasteiger partial charge on any atom is 0.0494 e. The van der Waals surface area contributed by atoms with Gasteiger partial charge in [-0.25, -0.2) is 0 Å². The van der Waals surface area contributed by atoms with Crippen molar-refractivity contribution in [3.8, 4) is 0 Å². The van der Waals surface area contributed by atoms with Crippen molar-refractivity contribution in [2.45, 2.75) is 32.7 Å². The Morgan fingerprint density at radius 2 is 1.17 bits per heavy atom. The monoisotopic (exact) mass is 313 g/mol. The second-order valence-corrected chi connectivity index (χ2v) is 7.53. The molecule has 1 heteroatoms. The third-order valence-electron chi connectivity index (χ3n) is 4.83. The molecule has 0 spiro atoms. The Morgan fingerprint density at radius 1 is 0.667 bits per heavy atom. The standard InChI is InChI=1S/C23H23N/c1-23(2,3)20-13-7-4-10-17(20)16-24-21-14-8-5-11-18(21)19-12-6-9-15-22(19)24/h4-15H,16H2,1-3H3. The molecule has 0 fully saturated rings. The lowest BCUT2D eigenvalue weighted by Gasteiger charge is -2.23. The summed E-state index contributed by atoms with van der Waals surface area (Å²) in [5.41, 5.74) is 5.59. The fourth-order valence-electron chi connectivity index (χ4n) is 3.73. The lowest BCUT2D eigenvalue weighted by molar-refractivity contribution is 0.580. The Labute approximate surface area is 143 Å². The summed E-state index contributed by atoms with van der Waals surface area (Å²) < 4.78 is 2.45. The van der Waals surface area contributed by atoms with Gasteiger partial charge in [-0.15, -0.1) is 0 Å². The van der Waals surface area contributed by atoms with Gasteiger partial charge in [0.15, 0.2) is 0 Å². The minimum Gasteiger partial charge on any atom is -0.336 e. The van der Waals surface area contributed by atoms with Crippen LogP contribution in [0.5, 0.6) is 0 Å². The molecule has 0 aliphatic rings. The molecule has 0 aliphatic heterocycles. The average Bonchev–Trinajstić information content (AvgIpc) is 2.89. The van der Waals surface area contributed by atoms with Crippen LogP contribution in [-0.2, 0) is 12.0 Å². The number of aromatic nitrogens is 1. The molecule has 4 aromatic rings. The van der Waals surface area contributed by atoms with Crippen LogP contribution in [0, 0.1) is 0 Å². The third-order valence-corrected chi connectivity index (χ3v) is 4.83. The van der Waals surface area contributed by atoms with E-state index in [0.29, 0.717) is 0 Å². The van der Waals surface area contributed by atoms with Crippen molar-refractivity contribution in [2.75, 3.05) is 0 Å². The first-order valence-electron chi connectivity index (χ1n) is 8.60. The van der Waals surface area contributed by atoms with E-state index in [9.17, 15) is 0 Å². The summed E-state index contributed by atoms with van der Waals surface area (Å²) in [7, 11) is 0. The number of rotatable bonds is 2. The number of hydrogen-bond acceptors (Lipinski definition) is 0. The van der Waals surface area contributed by atoms with Crippen LogP contribution in [0.4, 0.5) is 0 Å². The Balaban J connectivity index is 1.95. The van der Waals surface area contributed by atoms with Crippen LogP contribution in [0.1, 0.15) is 31.9 Å². The minimum atomic E-state index is 0.148. The van der Waals surface area contributed by atoms with E-state index in [4.69, 9.17) is 0 Å². The predicted molar refractivity (Wildman–Crippen MR) is 104 cm³/mol. The van der Waals surface area contributed by atoms with Crippen LogP contribution < -0.4 is 0 Å². The van der Waals surface area contributed by atoms with Gasteiger partial charge in [0.2, 0.25) is 0 Å². The molecule has 1 heterocycles. The highest BCUT2D eigenvalue weighted by molar-refractivity contribution is 6.08. The van der Waals surface area contributed by atoms with Crippen molar-refractivity contribution in [1.29, 1.82) is 0 Å². The van der Waals surface area contributed by atoms with Crippen molar-refractivity contribution in [2.24, 2.45) is 0 Å². The first kappa shape index (κ1) is 15.0. The summed E-state index contributed by atoms with van der Waals surface area (Å²) in [5, 5.41) is 2.67. The molecule has 4 rings (SSSR count). The maximum absolute atomic E-state index is 2.45. The Kier molecular flexibility index (Phi) is 3.45. The van der Waals surface area contributed by atoms with Crippen molar-refractivity contribution >= 4 is 21.8 Å². The van der Waals surface area contributed by atoms with E-state index < -0.39 is 0 Å². The molecular weight excluding hydrogens is 290 g/mol. The highest BCUT2D eigenvalue weighted by Gasteiger charge is 2.18. The van der Waals surface area contributed by atoms with Crippen LogP contribution in [-0.4, -0.2) is 4.57 Å². The van der Waals surface area contributed by atoms with Crippen LogP contribution in [0.15, 0.2) is 72.8 Å². The molecule has 1 aromatic heterocycles. The molecule has 0 amide bonds. The molecule has 0 bridgehead atoms. The molecule has 0 atom stereocenters. The van der Waals surface area contributed by atoms with E-state index in [0.717, 1.165) is 6.54 Å². The average molecular weight is 313 g/mol. The molecule has 0 saturated heterocycles. The Hall–Kier alpha value is -2.54. The highest BCUT2D eigenvalue weighted by Crippen LogP contribution is 2.32. The highest BCUT2D eigenvalue weighted by atomic mass is 15.0. The maximum atomic E-state index is 2.45. The summed E-state index contributed by atoms with van der Waals surface area (Å²) in [4.78, 5) is 0. The summed E-state index contributed by atoms with van der Waals surface area (Å²) in [6.07, 6.45) is 0. The number of para-hydroxylation sites is 2. The SMILES string of the molecule is CC(C)(C)c1ccccc1Cn1c2ccccc2c2ccccc21.